The number of nitrogens with zero attached hydrogens (tertiary/aromatic N) is 4. The van der Waals surface area contributed by atoms with Crippen LogP contribution in [0.2, 0.25) is 5.02 Å². The summed E-state index contributed by atoms with van der Waals surface area (Å²) in [5.74, 6) is -0.283. The molecule has 0 aliphatic heterocycles. The summed E-state index contributed by atoms with van der Waals surface area (Å²) in [5, 5.41) is 11.4. The molecule has 0 spiro atoms. The molecule has 0 saturated heterocycles. The van der Waals surface area contributed by atoms with Crippen molar-refractivity contribution in [3.05, 3.63) is 34.4 Å². The highest BCUT2D eigenvalue weighted by atomic mass is 35.5. The van der Waals surface area contributed by atoms with Crippen molar-refractivity contribution in [2.45, 2.75) is 26.9 Å². The molecule has 0 saturated carbocycles. The standard InChI is InChI=1S/C12H16ClN5O/c1-4-18-8(2)9(6-15-18)5-14-12(19)11-10(13)7-17(3)16-11/h6-7H,4-5H2,1-3H3,(H,14,19). The Balaban J connectivity index is 2.04. The van der Waals surface area contributed by atoms with Crippen LogP contribution in [0.5, 0.6) is 0 Å². The molecule has 0 atom stereocenters. The first-order chi connectivity index (χ1) is 9.02. The van der Waals surface area contributed by atoms with E-state index in [2.05, 4.69) is 15.5 Å². The first-order valence-electron chi connectivity index (χ1n) is 6.01. The maximum atomic E-state index is 11.9. The van der Waals surface area contributed by atoms with E-state index in [0.29, 0.717) is 11.6 Å². The number of hydrogen-bond donors (Lipinski definition) is 1. The van der Waals surface area contributed by atoms with Crippen molar-refractivity contribution in [1.82, 2.24) is 24.9 Å². The van der Waals surface area contributed by atoms with Crippen LogP contribution in [0.15, 0.2) is 12.4 Å². The molecule has 0 bridgehead atoms. The fourth-order valence-corrected chi connectivity index (χ4v) is 2.12. The van der Waals surface area contributed by atoms with Gasteiger partial charge in [0.05, 0.1) is 11.2 Å². The molecule has 2 aromatic rings. The SMILES string of the molecule is CCn1ncc(CNC(=O)c2nn(C)cc2Cl)c1C. The maximum Gasteiger partial charge on any atom is 0.273 e. The van der Waals surface area contributed by atoms with Gasteiger partial charge in [-0.15, -0.1) is 0 Å². The largest absolute Gasteiger partial charge is 0.346 e. The molecule has 0 aliphatic carbocycles. The van der Waals surface area contributed by atoms with Gasteiger partial charge in [0.1, 0.15) is 0 Å². The van der Waals surface area contributed by atoms with Crippen molar-refractivity contribution in [1.29, 1.82) is 0 Å². The highest BCUT2D eigenvalue weighted by Crippen LogP contribution is 2.13. The van der Waals surface area contributed by atoms with E-state index in [-0.39, 0.29) is 11.6 Å². The van der Waals surface area contributed by atoms with E-state index in [1.165, 1.54) is 4.68 Å². The molecule has 0 aliphatic rings. The molecule has 7 heteroatoms. The van der Waals surface area contributed by atoms with Gasteiger partial charge in [-0.1, -0.05) is 11.6 Å². The molecule has 1 amide bonds. The molecular weight excluding hydrogens is 266 g/mol. The summed E-state index contributed by atoms with van der Waals surface area (Å²) in [4.78, 5) is 11.9. The van der Waals surface area contributed by atoms with Crippen molar-refractivity contribution in [3.63, 3.8) is 0 Å². The van der Waals surface area contributed by atoms with Crippen LogP contribution in [0, 0.1) is 6.92 Å². The van der Waals surface area contributed by atoms with Crippen molar-refractivity contribution >= 4 is 17.5 Å². The number of aryl methyl sites for hydroxylation is 2. The third-order valence-corrected chi connectivity index (χ3v) is 3.22. The number of amides is 1. The zero-order chi connectivity index (χ0) is 14.0. The van der Waals surface area contributed by atoms with Crippen LogP contribution < -0.4 is 5.32 Å². The molecule has 2 heterocycles. The number of nitrogens with one attached hydrogen (secondary N) is 1. The van der Waals surface area contributed by atoms with Gasteiger partial charge in [-0.25, -0.2) is 0 Å². The Morgan fingerprint density at radius 2 is 2.26 bits per heavy atom. The van der Waals surface area contributed by atoms with Crippen LogP contribution in [0.4, 0.5) is 0 Å². The fraction of sp³-hybridized carbons (Fsp3) is 0.417. The first kappa shape index (κ1) is 13.6. The fourth-order valence-electron chi connectivity index (χ4n) is 1.85. The quantitative estimate of drug-likeness (QED) is 0.924. The van der Waals surface area contributed by atoms with Crippen LogP contribution in [-0.4, -0.2) is 25.5 Å². The molecule has 0 unspecified atom stereocenters. The first-order valence-corrected chi connectivity index (χ1v) is 6.39. The number of rotatable bonds is 4. The Bertz CT molecular complexity index is 601. The Morgan fingerprint density at radius 1 is 1.53 bits per heavy atom. The minimum Gasteiger partial charge on any atom is -0.346 e. The predicted octanol–water partition coefficient (Wildman–Crippen LogP) is 1.53. The molecule has 0 radical (unpaired) electrons. The molecule has 2 rings (SSSR count). The van der Waals surface area contributed by atoms with Crippen LogP contribution in [0.25, 0.3) is 0 Å². The number of hydrogen-bond acceptors (Lipinski definition) is 3. The Morgan fingerprint density at radius 3 is 2.79 bits per heavy atom. The molecular formula is C12H16ClN5O. The number of aromatic nitrogens is 4. The second kappa shape index (κ2) is 5.44. The van der Waals surface area contributed by atoms with Crippen molar-refractivity contribution in [2.75, 3.05) is 0 Å². The van der Waals surface area contributed by atoms with E-state index in [4.69, 9.17) is 11.6 Å². The van der Waals surface area contributed by atoms with Crippen LogP contribution in [0.3, 0.4) is 0 Å². The van der Waals surface area contributed by atoms with E-state index in [1.807, 2.05) is 18.5 Å². The predicted molar refractivity (Wildman–Crippen MR) is 72.0 cm³/mol. The van der Waals surface area contributed by atoms with E-state index >= 15 is 0 Å². The summed E-state index contributed by atoms with van der Waals surface area (Å²) >= 11 is 5.92. The highest BCUT2D eigenvalue weighted by molar-refractivity contribution is 6.33. The second-order valence-electron chi connectivity index (χ2n) is 4.25. The highest BCUT2D eigenvalue weighted by Gasteiger charge is 2.15. The van der Waals surface area contributed by atoms with Gasteiger partial charge >= 0.3 is 0 Å². The molecule has 1 N–H and O–H groups in total. The molecule has 6 nitrogen and oxygen atoms in total. The van der Waals surface area contributed by atoms with Crippen LogP contribution in [-0.2, 0) is 20.1 Å². The normalized spacial score (nSPS) is 10.7. The molecule has 0 fully saturated rings. The number of carbonyl (C=O) groups excluding carboxylic acids is 1. The second-order valence-corrected chi connectivity index (χ2v) is 4.66. The van der Waals surface area contributed by atoms with E-state index in [0.717, 1.165) is 17.8 Å². The molecule has 2 aromatic heterocycles. The summed E-state index contributed by atoms with van der Waals surface area (Å²) < 4.78 is 3.40. The lowest BCUT2D eigenvalue weighted by Crippen LogP contribution is -2.24. The average molecular weight is 282 g/mol. The Hall–Kier alpha value is -1.82. The third-order valence-electron chi connectivity index (χ3n) is 2.94. The van der Waals surface area contributed by atoms with Crippen molar-refractivity contribution < 1.29 is 4.79 Å². The summed E-state index contributed by atoms with van der Waals surface area (Å²) in [6.45, 7) is 5.23. The zero-order valence-corrected chi connectivity index (χ0v) is 11.9. The van der Waals surface area contributed by atoms with Crippen molar-refractivity contribution in [2.24, 2.45) is 7.05 Å². The minimum absolute atomic E-state index is 0.240. The van der Waals surface area contributed by atoms with E-state index in [9.17, 15) is 4.79 Å². The number of carbonyl (C=O) groups is 1. The Labute approximate surface area is 116 Å². The minimum atomic E-state index is -0.283. The smallest absolute Gasteiger partial charge is 0.273 e. The van der Waals surface area contributed by atoms with Gasteiger partial charge in [0, 0.05) is 37.6 Å². The topological polar surface area (TPSA) is 64.7 Å². The van der Waals surface area contributed by atoms with Gasteiger partial charge in [0.15, 0.2) is 5.69 Å². The lowest BCUT2D eigenvalue weighted by Gasteiger charge is -2.04. The lowest BCUT2D eigenvalue weighted by atomic mass is 10.2. The monoisotopic (exact) mass is 281 g/mol. The molecule has 102 valence electrons. The van der Waals surface area contributed by atoms with Gasteiger partial charge in [-0.2, -0.15) is 10.2 Å². The summed E-state index contributed by atoms with van der Waals surface area (Å²) in [6, 6.07) is 0. The van der Waals surface area contributed by atoms with Crippen LogP contribution >= 0.6 is 11.6 Å². The summed E-state index contributed by atoms with van der Waals surface area (Å²) in [7, 11) is 1.72. The van der Waals surface area contributed by atoms with Crippen molar-refractivity contribution in [3.8, 4) is 0 Å². The lowest BCUT2D eigenvalue weighted by molar-refractivity contribution is 0.0945. The average Bonchev–Trinajstić information content (AvgIpc) is 2.89. The third kappa shape index (κ3) is 2.78. The summed E-state index contributed by atoms with van der Waals surface area (Å²) in [6.07, 6.45) is 3.36. The Kier molecular flexibility index (Phi) is 3.90. The van der Waals surface area contributed by atoms with Gasteiger partial charge in [0.25, 0.3) is 5.91 Å². The van der Waals surface area contributed by atoms with Gasteiger partial charge in [0.2, 0.25) is 0 Å². The van der Waals surface area contributed by atoms with E-state index < -0.39 is 0 Å². The number of halogens is 1. The van der Waals surface area contributed by atoms with Gasteiger partial charge in [-0.05, 0) is 13.8 Å². The maximum absolute atomic E-state index is 11.9. The van der Waals surface area contributed by atoms with Gasteiger partial charge < -0.3 is 5.32 Å². The molecule has 19 heavy (non-hydrogen) atoms. The zero-order valence-electron chi connectivity index (χ0n) is 11.1. The molecule has 0 aromatic carbocycles. The van der Waals surface area contributed by atoms with E-state index in [1.54, 1.807) is 19.4 Å². The van der Waals surface area contributed by atoms with Gasteiger partial charge in [-0.3, -0.25) is 14.2 Å². The van der Waals surface area contributed by atoms with Crippen LogP contribution in [0.1, 0.15) is 28.7 Å². The summed E-state index contributed by atoms with van der Waals surface area (Å²) in [5.41, 5.74) is 2.28.